The molecule has 1 aromatic heterocycles. The van der Waals surface area contributed by atoms with Crippen molar-refractivity contribution in [2.45, 2.75) is 38.5 Å². The van der Waals surface area contributed by atoms with E-state index in [4.69, 9.17) is 4.98 Å². The summed E-state index contributed by atoms with van der Waals surface area (Å²) in [7, 11) is 1.90. The molecule has 0 bridgehead atoms. The van der Waals surface area contributed by atoms with Crippen molar-refractivity contribution < 1.29 is 0 Å². The minimum Gasteiger partial charge on any atom is -0.356 e. The fraction of sp³-hybridized carbons (Fsp3) is 0.579. The zero-order valence-electron chi connectivity index (χ0n) is 14.8. The molecule has 4 rings (SSSR count). The van der Waals surface area contributed by atoms with Crippen LogP contribution in [0.25, 0.3) is 10.2 Å². The SMILES string of the molecule is CN=C(NCCCc1nc2ccccc2s1)N1CCC2(CCC2)C1.I. The standard InChI is InChI=1S/C19H26N4S.HI/c1-20-18(23-13-11-19(14-23)9-5-10-19)21-12-4-8-17-22-15-6-2-3-7-16(15)24-17;/h2-3,6-7H,4-5,8-14H2,1H3,(H,20,21);1H. The van der Waals surface area contributed by atoms with Gasteiger partial charge in [0.1, 0.15) is 0 Å². The van der Waals surface area contributed by atoms with E-state index in [9.17, 15) is 0 Å². The Morgan fingerprint density at radius 3 is 2.84 bits per heavy atom. The second-order valence-electron chi connectivity index (χ2n) is 7.18. The molecule has 0 radical (unpaired) electrons. The number of guanidine groups is 1. The summed E-state index contributed by atoms with van der Waals surface area (Å²) < 4.78 is 1.29. The van der Waals surface area contributed by atoms with Crippen molar-refractivity contribution in [2.24, 2.45) is 10.4 Å². The van der Waals surface area contributed by atoms with E-state index in [0.717, 1.165) is 37.4 Å². The van der Waals surface area contributed by atoms with Crippen LogP contribution in [0.3, 0.4) is 0 Å². The highest BCUT2D eigenvalue weighted by molar-refractivity contribution is 14.0. The van der Waals surface area contributed by atoms with Crippen LogP contribution in [0.15, 0.2) is 29.3 Å². The van der Waals surface area contributed by atoms with Gasteiger partial charge in [-0.15, -0.1) is 35.3 Å². The van der Waals surface area contributed by atoms with E-state index >= 15 is 0 Å². The van der Waals surface area contributed by atoms with Gasteiger partial charge in [0, 0.05) is 33.1 Å². The lowest BCUT2D eigenvalue weighted by Crippen LogP contribution is -2.42. The number of rotatable bonds is 4. The lowest BCUT2D eigenvalue weighted by molar-refractivity contribution is 0.151. The molecule has 4 nitrogen and oxygen atoms in total. The fourth-order valence-corrected chi connectivity index (χ4v) is 5.01. The Morgan fingerprint density at radius 1 is 1.32 bits per heavy atom. The van der Waals surface area contributed by atoms with Gasteiger partial charge in [0.25, 0.3) is 0 Å². The van der Waals surface area contributed by atoms with Crippen LogP contribution >= 0.6 is 35.3 Å². The maximum absolute atomic E-state index is 4.71. The van der Waals surface area contributed by atoms with E-state index in [2.05, 4.69) is 39.5 Å². The van der Waals surface area contributed by atoms with Crippen molar-refractivity contribution in [1.82, 2.24) is 15.2 Å². The maximum Gasteiger partial charge on any atom is 0.193 e. The number of benzene rings is 1. The summed E-state index contributed by atoms with van der Waals surface area (Å²) >= 11 is 1.82. The van der Waals surface area contributed by atoms with Gasteiger partial charge in [-0.1, -0.05) is 18.6 Å². The largest absolute Gasteiger partial charge is 0.356 e. The summed E-state index contributed by atoms with van der Waals surface area (Å²) in [6.45, 7) is 3.33. The number of aromatic nitrogens is 1. The number of aryl methyl sites for hydroxylation is 1. The normalized spacial score (nSPS) is 19.1. The minimum atomic E-state index is 0. The van der Waals surface area contributed by atoms with Crippen molar-refractivity contribution in [3.8, 4) is 0 Å². The van der Waals surface area contributed by atoms with E-state index in [1.165, 1.54) is 41.9 Å². The second kappa shape index (κ2) is 8.20. The molecule has 1 aromatic carbocycles. The van der Waals surface area contributed by atoms with Gasteiger partial charge in [0.2, 0.25) is 0 Å². The van der Waals surface area contributed by atoms with Crippen LogP contribution in [0.5, 0.6) is 0 Å². The van der Waals surface area contributed by atoms with Crippen molar-refractivity contribution in [1.29, 1.82) is 0 Å². The summed E-state index contributed by atoms with van der Waals surface area (Å²) in [5, 5.41) is 4.79. The first-order valence-corrected chi connectivity index (χ1v) is 9.90. The van der Waals surface area contributed by atoms with E-state index in [-0.39, 0.29) is 24.0 Å². The third-order valence-electron chi connectivity index (χ3n) is 5.55. The molecule has 6 heteroatoms. The van der Waals surface area contributed by atoms with E-state index in [0.29, 0.717) is 5.41 Å². The first-order valence-electron chi connectivity index (χ1n) is 9.08. The van der Waals surface area contributed by atoms with Gasteiger partial charge in [-0.25, -0.2) is 4.98 Å². The van der Waals surface area contributed by atoms with Crippen molar-refractivity contribution in [3.63, 3.8) is 0 Å². The Balaban J connectivity index is 0.00000182. The number of hydrogen-bond donors (Lipinski definition) is 1. The van der Waals surface area contributed by atoms with Crippen molar-refractivity contribution >= 4 is 51.5 Å². The molecule has 0 amide bonds. The Kier molecular flexibility index (Phi) is 6.20. The number of fused-ring (bicyclic) bond motifs is 1. The number of nitrogens with one attached hydrogen (secondary N) is 1. The molecule has 1 saturated heterocycles. The zero-order valence-corrected chi connectivity index (χ0v) is 18.0. The first kappa shape index (κ1) is 18.9. The molecule has 2 fully saturated rings. The summed E-state index contributed by atoms with van der Waals surface area (Å²) in [6.07, 6.45) is 7.72. The molecular formula is C19H27IN4S. The third-order valence-corrected chi connectivity index (χ3v) is 6.65. The predicted molar refractivity (Wildman–Crippen MR) is 117 cm³/mol. The number of halogens is 1. The Labute approximate surface area is 171 Å². The quantitative estimate of drug-likeness (QED) is 0.314. The van der Waals surface area contributed by atoms with Gasteiger partial charge in [-0.05, 0) is 43.2 Å². The average Bonchev–Trinajstić information content (AvgIpc) is 3.18. The highest BCUT2D eigenvalue weighted by Gasteiger charge is 2.43. The summed E-state index contributed by atoms with van der Waals surface area (Å²) in [5.41, 5.74) is 1.75. The number of hydrogen-bond acceptors (Lipinski definition) is 3. The van der Waals surface area contributed by atoms with Crippen LogP contribution in [0, 0.1) is 5.41 Å². The molecule has 1 aliphatic carbocycles. The molecular weight excluding hydrogens is 443 g/mol. The van der Waals surface area contributed by atoms with Crippen LogP contribution in [0.2, 0.25) is 0 Å². The smallest absolute Gasteiger partial charge is 0.193 e. The molecule has 136 valence electrons. The molecule has 2 aliphatic rings. The highest BCUT2D eigenvalue weighted by atomic mass is 127. The van der Waals surface area contributed by atoms with Crippen LogP contribution in [0.1, 0.15) is 37.1 Å². The van der Waals surface area contributed by atoms with Gasteiger partial charge in [-0.2, -0.15) is 0 Å². The van der Waals surface area contributed by atoms with Crippen LogP contribution in [-0.2, 0) is 6.42 Å². The molecule has 2 heterocycles. The Hall–Kier alpha value is -0.890. The van der Waals surface area contributed by atoms with Gasteiger partial charge < -0.3 is 10.2 Å². The summed E-state index contributed by atoms with van der Waals surface area (Å²) in [5.74, 6) is 1.09. The average molecular weight is 470 g/mol. The van der Waals surface area contributed by atoms with Crippen LogP contribution in [-0.4, -0.2) is 42.5 Å². The summed E-state index contributed by atoms with van der Waals surface area (Å²) in [4.78, 5) is 11.7. The monoisotopic (exact) mass is 470 g/mol. The molecule has 25 heavy (non-hydrogen) atoms. The molecule has 1 saturated carbocycles. The molecule has 0 atom stereocenters. The maximum atomic E-state index is 4.71. The number of likely N-dealkylation sites (tertiary alicyclic amines) is 1. The van der Waals surface area contributed by atoms with Gasteiger partial charge in [-0.3, -0.25) is 4.99 Å². The van der Waals surface area contributed by atoms with Crippen LogP contribution < -0.4 is 5.32 Å². The molecule has 1 N–H and O–H groups in total. The molecule has 0 unspecified atom stereocenters. The number of aliphatic imine (C=N–C) groups is 1. The third kappa shape index (κ3) is 4.10. The Bertz CT molecular complexity index is 705. The predicted octanol–water partition coefficient (Wildman–Crippen LogP) is 4.30. The summed E-state index contributed by atoms with van der Waals surface area (Å²) in [6, 6.07) is 8.39. The molecule has 1 spiro atoms. The van der Waals surface area contributed by atoms with Gasteiger partial charge >= 0.3 is 0 Å². The topological polar surface area (TPSA) is 40.5 Å². The highest BCUT2D eigenvalue weighted by Crippen LogP contribution is 2.47. The number of thiazole rings is 1. The van der Waals surface area contributed by atoms with E-state index < -0.39 is 0 Å². The molecule has 2 aromatic rings. The number of para-hydroxylation sites is 1. The lowest BCUT2D eigenvalue weighted by Gasteiger charge is -2.38. The van der Waals surface area contributed by atoms with Crippen molar-refractivity contribution in [3.05, 3.63) is 29.3 Å². The second-order valence-corrected chi connectivity index (χ2v) is 8.29. The molecule has 1 aliphatic heterocycles. The number of nitrogens with zero attached hydrogens (tertiary/aromatic N) is 3. The van der Waals surface area contributed by atoms with Crippen molar-refractivity contribution in [2.75, 3.05) is 26.7 Å². The lowest BCUT2D eigenvalue weighted by atomic mass is 9.68. The van der Waals surface area contributed by atoms with E-state index in [1.54, 1.807) is 0 Å². The Morgan fingerprint density at radius 2 is 2.16 bits per heavy atom. The van der Waals surface area contributed by atoms with Gasteiger partial charge in [0.05, 0.1) is 15.2 Å². The fourth-order valence-electron chi connectivity index (χ4n) is 4.00. The van der Waals surface area contributed by atoms with Crippen LogP contribution in [0.4, 0.5) is 0 Å². The zero-order chi connectivity index (χ0) is 16.4. The first-order chi connectivity index (χ1) is 11.8. The van der Waals surface area contributed by atoms with Gasteiger partial charge in [0.15, 0.2) is 5.96 Å². The van der Waals surface area contributed by atoms with E-state index in [1.807, 2.05) is 18.4 Å². The minimum absolute atomic E-state index is 0.